The summed E-state index contributed by atoms with van der Waals surface area (Å²) in [5.74, 6) is -1.70. The van der Waals surface area contributed by atoms with Crippen molar-refractivity contribution in [3.8, 4) is 0 Å². The fraction of sp³-hybridized carbons (Fsp3) is 0.316. The lowest BCUT2D eigenvalue weighted by atomic mass is 10.0. The molecule has 2 heterocycles. The monoisotopic (exact) mass is 368 g/mol. The highest BCUT2D eigenvalue weighted by Crippen LogP contribution is 2.21. The minimum Gasteiger partial charge on any atom is -0.480 e. The number of rotatable bonds is 4. The van der Waals surface area contributed by atoms with Crippen molar-refractivity contribution < 1.29 is 19.5 Å². The summed E-state index contributed by atoms with van der Waals surface area (Å²) in [5, 5.41) is 19.7. The van der Waals surface area contributed by atoms with Crippen molar-refractivity contribution in [2.75, 3.05) is 11.9 Å². The molecule has 27 heavy (non-hydrogen) atoms. The Morgan fingerprint density at radius 2 is 2.00 bits per heavy atom. The second-order valence-corrected chi connectivity index (χ2v) is 6.47. The van der Waals surface area contributed by atoms with Gasteiger partial charge in [0.2, 0.25) is 0 Å². The molecule has 8 heteroatoms. The van der Waals surface area contributed by atoms with Gasteiger partial charge in [-0.25, -0.2) is 4.79 Å². The zero-order valence-electron chi connectivity index (χ0n) is 14.9. The molecule has 1 aromatic heterocycles. The van der Waals surface area contributed by atoms with E-state index in [0.29, 0.717) is 35.5 Å². The molecule has 8 nitrogen and oxygen atoms in total. The summed E-state index contributed by atoms with van der Waals surface area (Å²) in [6, 6.07) is 7.29. The van der Waals surface area contributed by atoms with Crippen LogP contribution in [0.2, 0.25) is 0 Å². The van der Waals surface area contributed by atoms with Crippen molar-refractivity contribution in [3.63, 3.8) is 0 Å². The Morgan fingerprint density at radius 1 is 1.19 bits per heavy atom. The molecule has 1 atom stereocenters. The maximum Gasteiger partial charge on any atom is 0.326 e. The standard InChI is InChI=1S/C19H20N4O4/c1-12-9-14(11-20-22-12)17(24)21-15-6-4-5-13(10-15)18(25)23-8-3-2-7-16(23)19(26)27/h4-6,9-11,16H,2-3,7-8H2,1H3,(H,21,24)(H,26,27). The Kier molecular flexibility index (Phi) is 5.44. The van der Waals surface area contributed by atoms with Crippen LogP contribution in [0.4, 0.5) is 5.69 Å². The summed E-state index contributed by atoms with van der Waals surface area (Å²) in [6.45, 7) is 2.15. The van der Waals surface area contributed by atoms with Gasteiger partial charge in [-0.15, -0.1) is 0 Å². The van der Waals surface area contributed by atoms with Crippen LogP contribution >= 0.6 is 0 Å². The number of carbonyl (C=O) groups excluding carboxylic acids is 2. The molecule has 3 rings (SSSR count). The van der Waals surface area contributed by atoms with Crippen LogP contribution < -0.4 is 5.32 Å². The highest BCUT2D eigenvalue weighted by molar-refractivity contribution is 6.05. The largest absolute Gasteiger partial charge is 0.480 e. The minimum atomic E-state index is -0.993. The van der Waals surface area contributed by atoms with E-state index in [1.807, 2.05) is 0 Å². The van der Waals surface area contributed by atoms with Crippen LogP contribution in [0.15, 0.2) is 36.5 Å². The highest BCUT2D eigenvalue weighted by atomic mass is 16.4. The fourth-order valence-corrected chi connectivity index (χ4v) is 3.13. The third kappa shape index (κ3) is 4.28. The number of hydrogen-bond acceptors (Lipinski definition) is 5. The van der Waals surface area contributed by atoms with Crippen molar-refractivity contribution in [2.24, 2.45) is 0 Å². The number of aliphatic carboxylic acids is 1. The number of benzene rings is 1. The lowest BCUT2D eigenvalue weighted by Gasteiger charge is -2.33. The quantitative estimate of drug-likeness (QED) is 0.855. The summed E-state index contributed by atoms with van der Waals surface area (Å²) in [6.07, 6.45) is 3.38. The number of nitrogens with one attached hydrogen (secondary N) is 1. The van der Waals surface area contributed by atoms with E-state index in [2.05, 4.69) is 15.5 Å². The maximum atomic E-state index is 12.8. The van der Waals surface area contributed by atoms with Gasteiger partial charge >= 0.3 is 5.97 Å². The Hall–Kier alpha value is -3.29. The molecule has 140 valence electrons. The molecule has 2 amide bonds. The molecule has 0 saturated carbocycles. The number of nitrogens with zero attached hydrogens (tertiary/aromatic N) is 3. The number of carbonyl (C=O) groups is 3. The second kappa shape index (κ2) is 7.94. The normalized spacial score (nSPS) is 16.6. The van der Waals surface area contributed by atoms with Crippen LogP contribution in [0.25, 0.3) is 0 Å². The first-order valence-corrected chi connectivity index (χ1v) is 8.70. The van der Waals surface area contributed by atoms with Crippen molar-refractivity contribution in [3.05, 3.63) is 53.3 Å². The van der Waals surface area contributed by atoms with Crippen LogP contribution in [0, 0.1) is 6.92 Å². The molecule has 1 aliphatic rings. The van der Waals surface area contributed by atoms with Crippen molar-refractivity contribution in [2.45, 2.75) is 32.2 Å². The van der Waals surface area contributed by atoms with Crippen LogP contribution in [-0.2, 0) is 4.79 Å². The number of amides is 2. The predicted molar refractivity (Wildman–Crippen MR) is 97.5 cm³/mol. The van der Waals surface area contributed by atoms with Gasteiger partial charge in [0.1, 0.15) is 6.04 Å². The summed E-state index contributed by atoms with van der Waals surface area (Å²) in [7, 11) is 0. The Labute approximate surface area is 156 Å². The predicted octanol–water partition coefficient (Wildman–Crippen LogP) is 2.12. The van der Waals surface area contributed by atoms with Crippen molar-refractivity contribution >= 4 is 23.5 Å². The Morgan fingerprint density at radius 3 is 2.74 bits per heavy atom. The van der Waals surface area contributed by atoms with Crippen molar-refractivity contribution in [1.82, 2.24) is 15.1 Å². The average molecular weight is 368 g/mol. The van der Waals surface area contributed by atoms with Crippen LogP contribution in [-0.4, -0.2) is 50.6 Å². The number of anilines is 1. The molecular formula is C19H20N4O4. The van der Waals surface area contributed by atoms with E-state index in [-0.39, 0.29) is 11.8 Å². The molecule has 0 aliphatic carbocycles. The van der Waals surface area contributed by atoms with E-state index >= 15 is 0 Å². The first-order chi connectivity index (χ1) is 13.0. The lowest BCUT2D eigenvalue weighted by Crippen LogP contribution is -2.48. The highest BCUT2D eigenvalue weighted by Gasteiger charge is 2.32. The van der Waals surface area contributed by atoms with E-state index in [1.165, 1.54) is 11.1 Å². The van der Waals surface area contributed by atoms with Crippen LogP contribution in [0.3, 0.4) is 0 Å². The minimum absolute atomic E-state index is 0.338. The first-order valence-electron chi connectivity index (χ1n) is 8.70. The van der Waals surface area contributed by atoms with E-state index < -0.39 is 12.0 Å². The number of carboxylic acid groups (broad SMARTS) is 1. The molecule has 0 spiro atoms. The molecule has 0 bridgehead atoms. The number of likely N-dealkylation sites (tertiary alicyclic amines) is 1. The van der Waals surface area contributed by atoms with Gasteiger partial charge < -0.3 is 15.3 Å². The van der Waals surface area contributed by atoms with E-state index in [1.54, 1.807) is 37.3 Å². The topological polar surface area (TPSA) is 112 Å². The zero-order valence-corrected chi connectivity index (χ0v) is 14.9. The summed E-state index contributed by atoms with van der Waals surface area (Å²) in [4.78, 5) is 38.0. The molecule has 2 N–H and O–H groups in total. The van der Waals surface area contributed by atoms with Crippen LogP contribution in [0.1, 0.15) is 45.7 Å². The van der Waals surface area contributed by atoms with Crippen molar-refractivity contribution in [1.29, 1.82) is 0 Å². The van der Waals surface area contributed by atoms with Crippen LogP contribution in [0.5, 0.6) is 0 Å². The number of piperidine rings is 1. The summed E-state index contributed by atoms with van der Waals surface area (Å²) < 4.78 is 0. The van der Waals surface area contributed by atoms with Gasteiger partial charge in [0.05, 0.1) is 17.5 Å². The summed E-state index contributed by atoms with van der Waals surface area (Å²) >= 11 is 0. The fourth-order valence-electron chi connectivity index (χ4n) is 3.13. The van der Waals surface area contributed by atoms with Gasteiger partial charge in [-0.3, -0.25) is 9.59 Å². The number of hydrogen-bond donors (Lipinski definition) is 2. The SMILES string of the molecule is Cc1cc(C(=O)Nc2cccc(C(=O)N3CCCCC3C(=O)O)c2)cnn1. The molecule has 0 radical (unpaired) electrons. The number of carboxylic acids is 1. The lowest BCUT2D eigenvalue weighted by molar-refractivity contribution is -0.143. The first kappa shape index (κ1) is 18.5. The molecule has 1 aromatic carbocycles. The maximum absolute atomic E-state index is 12.8. The number of aryl methyl sites for hydroxylation is 1. The molecule has 1 saturated heterocycles. The Bertz CT molecular complexity index is 884. The van der Waals surface area contributed by atoms with E-state index in [9.17, 15) is 19.5 Å². The molecule has 1 unspecified atom stereocenters. The summed E-state index contributed by atoms with van der Waals surface area (Å²) in [5.41, 5.74) is 1.77. The third-order valence-electron chi connectivity index (χ3n) is 4.45. The smallest absolute Gasteiger partial charge is 0.326 e. The van der Waals surface area contributed by atoms with E-state index in [4.69, 9.17) is 0 Å². The van der Waals surface area contributed by atoms with Gasteiger partial charge in [0.25, 0.3) is 11.8 Å². The second-order valence-electron chi connectivity index (χ2n) is 6.47. The molecular weight excluding hydrogens is 348 g/mol. The number of aromatic nitrogens is 2. The van der Waals surface area contributed by atoms with Gasteiger partial charge in [-0.05, 0) is 50.5 Å². The van der Waals surface area contributed by atoms with Gasteiger partial charge in [-0.2, -0.15) is 10.2 Å². The third-order valence-corrected chi connectivity index (χ3v) is 4.45. The molecule has 1 fully saturated rings. The van der Waals surface area contributed by atoms with Gasteiger partial charge in [-0.1, -0.05) is 6.07 Å². The van der Waals surface area contributed by atoms with E-state index in [0.717, 1.165) is 12.8 Å². The average Bonchev–Trinajstić information content (AvgIpc) is 2.67. The van der Waals surface area contributed by atoms with Gasteiger partial charge in [0.15, 0.2) is 0 Å². The Balaban J connectivity index is 1.77. The molecule has 2 aromatic rings. The zero-order chi connectivity index (χ0) is 19.4. The van der Waals surface area contributed by atoms with Gasteiger partial charge in [0, 0.05) is 17.8 Å². The molecule has 1 aliphatic heterocycles.